The van der Waals surface area contributed by atoms with Gasteiger partial charge in [0.05, 0.1) is 0 Å². The second-order valence-corrected chi connectivity index (χ2v) is 8.54. The first-order valence-corrected chi connectivity index (χ1v) is 9.92. The summed E-state index contributed by atoms with van der Waals surface area (Å²) < 4.78 is 39.5. The number of fused-ring (bicyclic) bond motifs is 1. The molecule has 1 aromatic carbocycles. The molecule has 2 atom stereocenters. The van der Waals surface area contributed by atoms with Gasteiger partial charge >= 0.3 is 10.3 Å². The van der Waals surface area contributed by atoms with Gasteiger partial charge in [-0.25, -0.2) is 0 Å². The second-order valence-electron chi connectivity index (χ2n) is 7.36. The highest BCUT2D eigenvalue weighted by atomic mass is 32.2. The molecule has 6 nitrogen and oxygen atoms in total. The van der Waals surface area contributed by atoms with Gasteiger partial charge in [-0.2, -0.15) is 13.1 Å². The maximum atomic E-state index is 11.0. The summed E-state index contributed by atoms with van der Waals surface area (Å²) in [5, 5.41) is 0. The zero-order valence-electron chi connectivity index (χ0n) is 14.4. The Morgan fingerprint density at radius 2 is 1.96 bits per heavy atom. The summed E-state index contributed by atoms with van der Waals surface area (Å²) in [7, 11) is -4.23. The normalized spacial score (nSPS) is 25.1. The summed E-state index contributed by atoms with van der Waals surface area (Å²) in [6.07, 6.45) is 3.69. The van der Waals surface area contributed by atoms with Gasteiger partial charge in [-0.15, -0.1) is 0 Å². The largest absolute Gasteiger partial charge is 0.474 e. The lowest BCUT2D eigenvalue weighted by Crippen LogP contribution is -2.49. The Morgan fingerprint density at radius 1 is 1.29 bits per heavy atom. The summed E-state index contributed by atoms with van der Waals surface area (Å²) in [4.78, 5) is 2.41. The lowest BCUT2D eigenvalue weighted by Gasteiger charge is -2.38. The van der Waals surface area contributed by atoms with E-state index < -0.39 is 16.3 Å². The number of nitrogens with zero attached hydrogens (tertiary/aromatic N) is 1. The van der Waals surface area contributed by atoms with Crippen LogP contribution in [0.4, 0.5) is 0 Å². The minimum absolute atomic E-state index is 0.00731. The van der Waals surface area contributed by atoms with E-state index in [0.29, 0.717) is 0 Å². The average molecular weight is 354 g/mol. The van der Waals surface area contributed by atoms with Crippen molar-refractivity contribution >= 4 is 10.3 Å². The van der Waals surface area contributed by atoms with Crippen LogP contribution in [0.3, 0.4) is 0 Å². The number of rotatable bonds is 4. The molecule has 0 bridgehead atoms. The predicted octanol–water partition coefficient (Wildman–Crippen LogP) is 2.62. The Hall–Kier alpha value is -1.15. The molecule has 2 aliphatic heterocycles. The number of benzene rings is 1. The third-order valence-electron chi connectivity index (χ3n) is 5.10. The zero-order valence-corrected chi connectivity index (χ0v) is 15.3. The molecule has 7 heteroatoms. The van der Waals surface area contributed by atoms with Crippen LogP contribution in [0.2, 0.25) is 0 Å². The molecule has 1 saturated heterocycles. The van der Waals surface area contributed by atoms with Crippen LogP contribution in [0.25, 0.3) is 0 Å². The van der Waals surface area contributed by atoms with Crippen molar-refractivity contribution in [3.05, 3.63) is 29.3 Å². The van der Waals surface area contributed by atoms with E-state index in [0.717, 1.165) is 30.0 Å². The second kappa shape index (κ2) is 6.29. The molecule has 0 saturated carbocycles. The van der Waals surface area contributed by atoms with Gasteiger partial charge in [-0.1, -0.05) is 26.3 Å². The summed E-state index contributed by atoms with van der Waals surface area (Å²) in [6, 6.07) is 5.23. The van der Waals surface area contributed by atoms with Crippen LogP contribution >= 0.6 is 0 Å². The van der Waals surface area contributed by atoms with Crippen LogP contribution in [-0.4, -0.2) is 37.2 Å². The van der Waals surface area contributed by atoms with Gasteiger partial charge in [0.2, 0.25) is 0 Å². The van der Waals surface area contributed by atoms with Crippen molar-refractivity contribution in [3.63, 3.8) is 0 Å². The van der Waals surface area contributed by atoms with Crippen LogP contribution in [-0.2, 0) is 15.7 Å². The topological polar surface area (TPSA) is 78.9 Å². The maximum Gasteiger partial charge on any atom is 0.333 e. The molecular weight excluding hydrogens is 328 g/mol. The summed E-state index contributed by atoms with van der Waals surface area (Å²) in [6.45, 7) is 8.15. The molecule has 0 aromatic heterocycles. The Bertz CT molecular complexity index is 711. The molecule has 2 heterocycles. The van der Waals surface area contributed by atoms with Crippen molar-refractivity contribution in [2.75, 3.05) is 13.1 Å². The molecule has 0 aliphatic carbocycles. The van der Waals surface area contributed by atoms with Crippen LogP contribution in [0.5, 0.6) is 5.75 Å². The number of likely N-dealkylation sites (tertiary alicyclic amines) is 1. The molecule has 1 aromatic rings. The molecule has 3 rings (SSSR count). The molecule has 2 unspecified atom stereocenters. The highest BCUT2D eigenvalue weighted by Crippen LogP contribution is 2.45. The Kier molecular flexibility index (Phi) is 4.63. The Balaban J connectivity index is 1.86. The van der Waals surface area contributed by atoms with Gasteiger partial charge < -0.3 is 4.74 Å². The van der Waals surface area contributed by atoms with E-state index in [4.69, 9.17) is 9.29 Å². The lowest BCUT2D eigenvalue weighted by molar-refractivity contribution is -0.0131. The maximum absolute atomic E-state index is 11.0. The zero-order chi connectivity index (χ0) is 17.5. The summed E-state index contributed by atoms with van der Waals surface area (Å²) in [5.74, 6) is 0.860. The first-order valence-electron chi connectivity index (χ1n) is 8.48. The van der Waals surface area contributed by atoms with Crippen LogP contribution in [0, 0.1) is 0 Å². The monoisotopic (exact) mass is 354 g/mol. The van der Waals surface area contributed by atoms with Gasteiger partial charge in [0.1, 0.15) is 5.75 Å². The smallest absolute Gasteiger partial charge is 0.333 e. The Labute approximate surface area is 144 Å². The van der Waals surface area contributed by atoms with Gasteiger partial charge in [-0.05, 0) is 37.5 Å². The average Bonchev–Trinajstić information content (AvgIpc) is 2.77. The van der Waals surface area contributed by atoms with Crippen molar-refractivity contribution in [1.82, 2.24) is 9.62 Å². The standard InChI is InChI=1S/C17H26N2O4S/c1-12(18-24(20,21)22)13-7-8-15-14(11-13)17(2,3)16(23-15)19-9-5-4-6-10-19/h7-8,11-12,16,18H,4-6,9-10H2,1-3H3,(H,20,21,22). The third-order valence-corrected chi connectivity index (χ3v) is 5.75. The number of piperidine rings is 1. The first kappa shape index (κ1) is 17.7. The van der Waals surface area contributed by atoms with Crippen LogP contribution in [0.1, 0.15) is 57.2 Å². The predicted molar refractivity (Wildman–Crippen MR) is 92.4 cm³/mol. The fourth-order valence-electron chi connectivity index (χ4n) is 3.80. The molecule has 2 N–H and O–H groups in total. The molecule has 0 spiro atoms. The number of nitrogens with one attached hydrogen (secondary N) is 1. The molecule has 0 radical (unpaired) electrons. The number of hydrogen-bond donors (Lipinski definition) is 2. The molecule has 134 valence electrons. The minimum atomic E-state index is -4.23. The summed E-state index contributed by atoms with van der Waals surface area (Å²) >= 11 is 0. The van der Waals surface area contributed by atoms with Crippen molar-refractivity contribution in [1.29, 1.82) is 0 Å². The van der Waals surface area contributed by atoms with Gasteiger partial charge in [0.25, 0.3) is 0 Å². The fourth-order valence-corrected chi connectivity index (χ4v) is 4.38. The quantitative estimate of drug-likeness (QED) is 0.813. The molecule has 24 heavy (non-hydrogen) atoms. The van der Waals surface area contributed by atoms with E-state index in [9.17, 15) is 8.42 Å². The van der Waals surface area contributed by atoms with Crippen LogP contribution < -0.4 is 9.46 Å². The minimum Gasteiger partial charge on any atom is -0.474 e. The molecule has 2 aliphatic rings. The third kappa shape index (κ3) is 3.44. The van der Waals surface area contributed by atoms with Gasteiger partial charge in [0, 0.05) is 30.1 Å². The van der Waals surface area contributed by atoms with Crippen molar-refractivity contribution in [2.24, 2.45) is 0 Å². The first-order chi connectivity index (χ1) is 11.2. The van der Waals surface area contributed by atoms with E-state index >= 15 is 0 Å². The Morgan fingerprint density at radius 3 is 2.58 bits per heavy atom. The van der Waals surface area contributed by atoms with E-state index in [1.165, 1.54) is 19.3 Å². The lowest BCUT2D eigenvalue weighted by atomic mass is 9.82. The van der Waals surface area contributed by atoms with E-state index in [2.05, 4.69) is 23.5 Å². The molecule has 1 fully saturated rings. The number of ether oxygens (including phenoxy) is 1. The summed E-state index contributed by atoms with van der Waals surface area (Å²) in [5.41, 5.74) is 1.71. The van der Waals surface area contributed by atoms with Crippen LogP contribution in [0.15, 0.2) is 18.2 Å². The van der Waals surface area contributed by atoms with E-state index in [1.54, 1.807) is 6.92 Å². The fraction of sp³-hybridized carbons (Fsp3) is 0.647. The highest BCUT2D eigenvalue weighted by Gasteiger charge is 2.45. The molecule has 0 amide bonds. The van der Waals surface area contributed by atoms with Crippen molar-refractivity contribution in [3.8, 4) is 5.75 Å². The SMILES string of the molecule is CC(NS(=O)(=O)O)c1ccc2c(c1)C(C)(C)C(N1CCCCC1)O2. The highest BCUT2D eigenvalue weighted by molar-refractivity contribution is 7.83. The van der Waals surface area contributed by atoms with E-state index in [1.807, 2.05) is 18.2 Å². The number of hydrogen-bond acceptors (Lipinski definition) is 4. The van der Waals surface area contributed by atoms with Gasteiger partial charge in [0.15, 0.2) is 6.23 Å². The van der Waals surface area contributed by atoms with E-state index in [-0.39, 0.29) is 11.6 Å². The van der Waals surface area contributed by atoms with Crippen molar-refractivity contribution in [2.45, 2.75) is 57.7 Å². The molecular formula is C17H26N2O4S. The van der Waals surface area contributed by atoms with Gasteiger partial charge in [-0.3, -0.25) is 9.45 Å². The van der Waals surface area contributed by atoms with Crippen molar-refractivity contribution < 1.29 is 17.7 Å².